The van der Waals surface area contributed by atoms with Gasteiger partial charge in [0.25, 0.3) is 0 Å². The van der Waals surface area contributed by atoms with Gasteiger partial charge >= 0.3 is 0 Å². The quantitative estimate of drug-likeness (QED) is 0.559. The Balaban J connectivity index is 2.47. The summed E-state index contributed by atoms with van der Waals surface area (Å²) in [5.41, 5.74) is 0. The van der Waals surface area contributed by atoms with E-state index < -0.39 is 7.37 Å². The van der Waals surface area contributed by atoms with Crippen LogP contribution < -0.4 is 0 Å². The molecule has 9 heavy (non-hydrogen) atoms. The van der Waals surface area contributed by atoms with E-state index >= 15 is 0 Å². The minimum absolute atomic E-state index is 0.00215. The molecule has 0 aromatic rings. The minimum Gasteiger partial charge on any atom is -0.394 e. The van der Waals surface area contributed by atoms with Crippen LogP contribution in [0.15, 0.2) is 0 Å². The SMILES string of the molecule is CP1(=O)CCC(CO)O1. The Kier molecular flexibility index (Phi) is 1.94. The molecule has 4 heteroatoms. The summed E-state index contributed by atoms with van der Waals surface area (Å²) in [4.78, 5) is 0. The van der Waals surface area contributed by atoms with Crippen molar-refractivity contribution in [2.75, 3.05) is 19.4 Å². The van der Waals surface area contributed by atoms with Crippen LogP contribution in [0.4, 0.5) is 0 Å². The molecule has 1 N–H and O–H groups in total. The Morgan fingerprint density at radius 2 is 2.56 bits per heavy atom. The molecule has 1 aliphatic rings. The van der Waals surface area contributed by atoms with Crippen LogP contribution in [0.1, 0.15) is 6.42 Å². The maximum atomic E-state index is 11.0. The van der Waals surface area contributed by atoms with E-state index in [1.54, 1.807) is 6.66 Å². The van der Waals surface area contributed by atoms with Gasteiger partial charge in [-0.25, -0.2) is 0 Å². The predicted molar refractivity (Wildman–Crippen MR) is 35.0 cm³/mol. The first kappa shape index (κ1) is 7.26. The Morgan fingerprint density at radius 1 is 1.89 bits per heavy atom. The second kappa shape index (κ2) is 2.41. The van der Waals surface area contributed by atoms with Crippen molar-refractivity contribution >= 4 is 7.37 Å². The third kappa shape index (κ3) is 1.78. The van der Waals surface area contributed by atoms with Crippen molar-refractivity contribution in [2.24, 2.45) is 0 Å². The van der Waals surface area contributed by atoms with E-state index in [2.05, 4.69) is 0 Å². The number of hydrogen-bond acceptors (Lipinski definition) is 3. The number of rotatable bonds is 1. The highest BCUT2D eigenvalue weighted by Crippen LogP contribution is 2.50. The average molecular weight is 150 g/mol. The molecule has 1 fully saturated rings. The monoisotopic (exact) mass is 150 g/mol. The third-order valence-electron chi connectivity index (χ3n) is 1.43. The maximum absolute atomic E-state index is 11.0. The summed E-state index contributed by atoms with van der Waals surface area (Å²) in [5.74, 6) is 0. The zero-order chi connectivity index (χ0) is 6.91. The van der Waals surface area contributed by atoms with Gasteiger partial charge in [-0.2, -0.15) is 0 Å². The van der Waals surface area contributed by atoms with Crippen molar-refractivity contribution < 1.29 is 14.2 Å². The van der Waals surface area contributed by atoms with Gasteiger partial charge in [0.1, 0.15) is 0 Å². The molecule has 54 valence electrons. The van der Waals surface area contributed by atoms with Crippen molar-refractivity contribution in [2.45, 2.75) is 12.5 Å². The van der Waals surface area contributed by atoms with Gasteiger partial charge in [0.2, 0.25) is 7.37 Å². The summed E-state index contributed by atoms with van der Waals surface area (Å²) in [6, 6.07) is 0. The number of aliphatic hydroxyl groups is 1. The molecule has 0 aromatic heterocycles. The van der Waals surface area contributed by atoms with Crippen LogP contribution in [0.2, 0.25) is 0 Å². The number of hydrogen-bond donors (Lipinski definition) is 1. The molecule has 1 saturated heterocycles. The molecule has 0 radical (unpaired) electrons. The van der Waals surface area contributed by atoms with E-state index in [1.807, 2.05) is 0 Å². The first-order valence-electron chi connectivity index (χ1n) is 3.00. The molecule has 0 aromatic carbocycles. The molecule has 2 atom stereocenters. The molecule has 1 rings (SSSR count). The Labute approximate surface area is 54.5 Å². The molecule has 0 amide bonds. The fourth-order valence-electron chi connectivity index (χ4n) is 0.924. The normalized spacial score (nSPS) is 43.6. The lowest BCUT2D eigenvalue weighted by Crippen LogP contribution is -2.08. The van der Waals surface area contributed by atoms with Crippen LogP contribution in [0, 0.1) is 0 Å². The maximum Gasteiger partial charge on any atom is 0.200 e. The van der Waals surface area contributed by atoms with Crippen molar-refractivity contribution in [1.29, 1.82) is 0 Å². The molecule has 0 aliphatic carbocycles. The summed E-state index contributed by atoms with van der Waals surface area (Å²) in [6.45, 7) is 1.61. The first-order chi connectivity index (χ1) is 4.14. The van der Waals surface area contributed by atoms with Gasteiger partial charge in [-0.1, -0.05) is 0 Å². The van der Waals surface area contributed by atoms with Gasteiger partial charge in [0.15, 0.2) is 0 Å². The van der Waals surface area contributed by atoms with Crippen molar-refractivity contribution in [3.63, 3.8) is 0 Å². The second-order valence-electron chi connectivity index (χ2n) is 2.44. The number of aliphatic hydroxyl groups excluding tert-OH is 1. The van der Waals surface area contributed by atoms with E-state index in [0.717, 1.165) is 6.42 Å². The van der Waals surface area contributed by atoms with Crippen LogP contribution >= 0.6 is 7.37 Å². The van der Waals surface area contributed by atoms with Gasteiger partial charge < -0.3 is 9.63 Å². The first-order valence-corrected chi connectivity index (χ1v) is 5.25. The molecular formula is C5H11O3P. The molecule has 0 saturated carbocycles. The van der Waals surface area contributed by atoms with E-state index in [0.29, 0.717) is 6.16 Å². The highest BCUT2D eigenvalue weighted by atomic mass is 31.2. The second-order valence-corrected chi connectivity index (χ2v) is 5.12. The fraction of sp³-hybridized carbons (Fsp3) is 1.00. The van der Waals surface area contributed by atoms with Crippen LogP contribution in [0.3, 0.4) is 0 Å². The van der Waals surface area contributed by atoms with Gasteiger partial charge in [0, 0.05) is 12.8 Å². The molecule has 2 unspecified atom stereocenters. The van der Waals surface area contributed by atoms with Crippen LogP contribution in [-0.4, -0.2) is 30.6 Å². The predicted octanol–water partition coefficient (Wildman–Crippen LogP) is 0.675. The molecule has 1 aliphatic heterocycles. The van der Waals surface area contributed by atoms with E-state index in [1.165, 1.54) is 0 Å². The van der Waals surface area contributed by atoms with E-state index in [-0.39, 0.29) is 12.7 Å². The lowest BCUT2D eigenvalue weighted by molar-refractivity contribution is 0.135. The Hall–Kier alpha value is 0.150. The van der Waals surface area contributed by atoms with Crippen LogP contribution in [-0.2, 0) is 9.09 Å². The average Bonchev–Trinajstić information content (AvgIpc) is 2.10. The van der Waals surface area contributed by atoms with Crippen molar-refractivity contribution in [3.8, 4) is 0 Å². The standard InChI is InChI=1S/C5H11O3P/c1-9(7)3-2-5(4-6)8-9/h5-6H,2-4H2,1H3. The zero-order valence-electron chi connectivity index (χ0n) is 5.41. The van der Waals surface area contributed by atoms with Gasteiger partial charge in [0.05, 0.1) is 12.7 Å². The van der Waals surface area contributed by atoms with Crippen molar-refractivity contribution in [3.05, 3.63) is 0 Å². The highest BCUT2D eigenvalue weighted by molar-refractivity contribution is 7.58. The Bertz CT molecular complexity index is 145. The van der Waals surface area contributed by atoms with Crippen LogP contribution in [0.5, 0.6) is 0 Å². The van der Waals surface area contributed by atoms with Crippen molar-refractivity contribution in [1.82, 2.24) is 0 Å². The van der Waals surface area contributed by atoms with Gasteiger partial charge in [-0.3, -0.25) is 4.57 Å². The lowest BCUT2D eigenvalue weighted by Gasteiger charge is -2.05. The lowest BCUT2D eigenvalue weighted by atomic mass is 10.3. The molecular weight excluding hydrogens is 139 g/mol. The molecule has 0 bridgehead atoms. The van der Waals surface area contributed by atoms with Gasteiger partial charge in [-0.15, -0.1) is 0 Å². The molecule has 3 nitrogen and oxygen atoms in total. The summed E-state index contributed by atoms with van der Waals surface area (Å²) < 4.78 is 16.1. The summed E-state index contributed by atoms with van der Waals surface area (Å²) in [7, 11) is -2.28. The van der Waals surface area contributed by atoms with E-state index in [9.17, 15) is 4.57 Å². The van der Waals surface area contributed by atoms with E-state index in [4.69, 9.17) is 9.63 Å². The molecule has 0 spiro atoms. The highest BCUT2D eigenvalue weighted by Gasteiger charge is 2.29. The third-order valence-corrected chi connectivity index (χ3v) is 3.25. The largest absolute Gasteiger partial charge is 0.394 e. The Morgan fingerprint density at radius 3 is 2.78 bits per heavy atom. The summed E-state index contributed by atoms with van der Waals surface area (Å²) in [6.07, 6.45) is 1.20. The van der Waals surface area contributed by atoms with Gasteiger partial charge in [-0.05, 0) is 6.42 Å². The smallest absolute Gasteiger partial charge is 0.200 e. The summed E-state index contributed by atoms with van der Waals surface area (Å²) in [5, 5.41) is 8.55. The van der Waals surface area contributed by atoms with Crippen LogP contribution in [0.25, 0.3) is 0 Å². The molecule has 1 heterocycles. The summed E-state index contributed by atoms with van der Waals surface area (Å²) >= 11 is 0. The topological polar surface area (TPSA) is 46.5 Å². The zero-order valence-corrected chi connectivity index (χ0v) is 6.30. The fourth-order valence-corrected chi connectivity index (χ4v) is 2.59. The minimum atomic E-state index is -2.28.